The van der Waals surface area contributed by atoms with E-state index in [1.807, 2.05) is 17.0 Å². The first-order valence-corrected chi connectivity index (χ1v) is 23.2. The zero-order chi connectivity index (χ0) is 44.4. The standard InChI is InChI=1S/C24H32ClN5O.C22H31ClF2N4O2.2ClH/c25-22-9-6-20(18-27)17-23(22)30-15-13-29(14-16-30)12-10-19-4-7-21(8-5-19)28-24(31)3-1-2-11-26;23-21-17(24)5-6-18(22(21)25)29-13-11-28(12-14-29)10-9-15-1-3-16(4-2-15)27-20(31)8-7-19(26)30;;/h6,9,17,19,21H,1-5,7-8,10,12-16H2,(H,28,31);5-6,15-16H,1-4,7-14H2,(H2,26,30)(H,27,31);2*1H. The summed E-state index contributed by atoms with van der Waals surface area (Å²) in [6, 6.07) is 12.9. The zero-order valence-electron chi connectivity index (χ0n) is 36.7. The summed E-state index contributed by atoms with van der Waals surface area (Å²) in [5, 5.41) is 24.1. The lowest BCUT2D eigenvalue weighted by Crippen LogP contribution is -2.47. The second-order valence-corrected chi connectivity index (χ2v) is 18.0. The van der Waals surface area contributed by atoms with Crippen molar-refractivity contribution in [2.45, 2.75) is 108 Å². The van der Waals surface area contributed by atoms with Crippen LogP contribution in [0.5, 0.6) is 0 Å². The van der Waals surface area contributed by atoms with Crippen LogP contribution in [0, 0.1) is 46.1 Å². The average Bonchev–Trinajstić information content (AvgIpc) is 3.28. The van der Waals surface area contributed by atoms with Crippen molar-refractivity contribution in [3.63, 3.8) is 0 Å². The van der Waals surface area contributed by atoms with Crippen LogP contribution in [0.4, 0.5) is 20.2 Å². The van der Waals surface area contributed by atoms with Crippen molar-refractivity contribution in [2.75, 3.05) is 75.2 Å². The van der Waals surface area contributed by atoms with Crippen molar-refractivity contribution in [3.05, 3.63) is 57.6 Å². The summed E-state index contributed by atoms with van der Waals surface area (Å²) in [4.78, 5) is 43.7. The Labute approximate surface area is 400 Å². The van der Waals surface area contributed by atoms with E-state index >= 15 is 0 Å². The van der Waals surface area contributed by atoms with E-state index in [0.717, 1.165) is 109 Å². The molecule has 2 aromatic carbocycles. The topological polar surface area (TPSA) is 162 Å². The van der Waals surface area contributed by atoms with E-state index < -0.39 is 22.6 Å². The molecule has 0 radical (unpaired) electrons. The van der Waals surface area contributed by atoms with E-state index in [-0.39, 0.29) is 55.5 Å². The molecule has 0 spiro atoms. The maximum absolute atomic E-state index is 14.3. The van der Waals surface area contributed by atoms with Crippen molar-refractivity contribution >= 4 is 77.1 Å². The molecular formula is C46H65Cl4F2N9O3. The lowest BCUT2D eigenvalue weighted by Gasteiger charge is -2.37. The molecule has 6 rings (SSSR count). The molecule has 2 saturated carbocycles. The van der Waals surface area contributed by atoms with E-state index in [1.54, 1.807) is 6.07 Å². The van der Waals surface area contributed by atoms with Gasteiger partial charge < -0.3 is 26.2 Å². The van der Waals surface area contributed by atoms with Crippen LogP contribution in [0.25, 0.3) is 0 Å². The molecule has 4 fully saturated rings. The number of unbranched alkanes of at least 4 members (excludes halogenated alkanes) is 1. The van der Waals surface area contributed by atoms with Crippen LogP contribution in [-0.4, -0.2) is 105 Å². The molecule has 2 heterocycles. The number of benzene rings is 2. The number of nitrogens with two attached hydrogens (primary N) is 1. The minimum Gasteiger partial charge on any atom is -0.370 e. The van der Waals surface area contributed by atoms with E-state index in [1.165, 1.54) is 31.4 Å². The Morgan fingerprint density at radius 2 is 1.19 bits per heavy atom. The summed E-state index contributed by atoms with van der Waals surface area (Å²) in [7, 11) is 0. The van der Waals surface area contributed by atoms with Gasteiger partial charge in [0, 0.05) is 90.1 Å². The predicted octanol–water partition coefficient (Wildman–Crippen LogP) is 8.01. The second-order valence-electron chi connectivity index (χ2n) is 17.3. The molecule has 0 unspecified atom stereocenters. The Morgan fingerprint density at radius 3 is 1.67 bits per heavy atom. The van der Waals surface area contributed by atoms with Gasteiger partial charge in [0.1, 0.15) is 10.8 Å². The highest BCUT2D eigenvalue weighted by molar-refractivity contribution is 6.33. The van der Waals surface area contributed by atoms with Gasteiger partial charge in [-0.05, 0) is 126 Å². The molecule has 2 aliphatic heterocycles. The molecule has 4 N–H and O–H groups in total. The third kappa shape index (κ3) is 17.6. The maximum atomic E-state index is 14.3. The number of nitrogens with zero attached hydrogens (tertiary/aromatic N) is 6. The Morgan fingerprint density at radius 1 is 0.688 bits per heavy atom. The molecule has 64 heavy (non-hydrogen) atoms. The van der Waals surface area contributed by atoms with Gasteiger partial charge in [-0.15, -0.1) is 24.8 Å². The zero-order valence-corrected chi connectivity index (χ0v) is 39.8. The van der Waals surface area contributed by atoms with Crippen LogP contribution in [0.2, 0.25) is 10.0 Å². The molecular weight excluding hydrogens is 906 g/mol. The Hall–Kier alpha value is -3.63. The summed E-state index contributed by atoms with van der Waals surface area (Å²) in [5.74, 6) is -0.492. The van der Waals surface area contributed by atoms with Gasteiger partial charge in [0.15, 0.2) is 5.82 Å². The number of hydrogen-bond donors (Lipinski definition) is 3. The third-order valence-electron chi connectivity index (χ3n) is 12.9. The maximum Gasteiger partial charge on any atom is 0.220 e. The number of halogens is 6. The molecule has 0 bridgehead atoms. The number of anilines is 2. The molecule has 4 aliphatic rings. The lowest BCUT2D eigenvalue weighted by molar-refractivity contribution is -0.125. The van der Waals surface area contributed by atoms with Gasteiger partial charge in [-0.25, -0.2) is 8.78 Å². The molecule has 2 aromatic rings. The summed E-state index contributed by atoms with van der Waals surface area (Å²) >= 11 is 12.1. The largest absolute Gasteiger partial charge is 0.370 e. The second kappa shape index (κ2) is 28.4. The van der Waals surface area contributed by atoms with E-state index in [9.17, 15) is 23.2 Å². The number of carbonyl (C=O) groups is 3. The number of rotatable bonds is 16. The number of carbonyl (C=O) groups excluding carboxylic acids is 3. The highest BCUT2D eigenvalue weighted by Crippen LogP contribution is 2.32. The summed E-state index contributed by atoms with van der Waals surface area (Å²) in [6.07, 6.45) is 12.7. The van der Waals surface area contributed by atoms with Crippen LogP contribution in [0.15, 0.2) is 30.3 Å². The van der Waals surface area contributed by atoms with Crippen molar-refractivity contribution in [2.24, 2.45) is 17.6 Å². The van der Waals surface area contributed by atoms with E-state index in [2.05, 4.69) is 37.5 Å². The van der Waals surface area contributed by atoms with E-state index in [4.69, 9.17) is 39.5 Å². The molecule has 0 aromatic heterocycles. The van der Waals surface area contributed by atoms with Crippen molar-refractivity contribution in [1.29, 1.82) is 10.5 Å². The Bertz CT molecular complexity index is 1870. The van der Waals surface area contributed by atoms with Crippen LogP contribution in [-0.2, 0) is 14.4 Å². The first kappa shape index (κ1) is 54.7. The smallest absolute Gasteiger partial charge is 0.220 e. The van der Waals surface area contributed by atoms with Crippen molar-refractivity contribution in [1.82, 2.24) is 20.4 Å². The van der Waals surface area contributed by atoms with Crippen LogP contribution >= 0.6 is 48.0 Å². The van der Waals surface area contributed by atoms with Crippen LogP contribution < -0.4 is 26.2 Å². The van der Waals surface area contributed by atoms with Gasteiger partial charge in [0.25, 0.3) is 0 Å². The summed E-state index contributed by atoms with van der Waals surface area (Å²) < 4.78 is 27.6. The minimum atomic E-state index is -0.735. The first-order valence-electron chi connectivity index (χ1n) is 22.4. The SMILES string of the molecule is Cl.Cl.N#CCCCC(=O)NC1CCC(CCN2CCN(c3cc(C#N)ccc3Cl)CC2)CC1.NC(=O)CCC(=O)NC1CCC(CCN2CCN(c3ccc(F)c(Cl)c3F)CC2)CC1. The summed E-state index contributed by atoms with van der Waals surface area (Å²) in [5.41, 5.74) is 7.06. The fraction of sp³-hybridized carbons (Fsp3) is 0.630. The van der Waals surface area contributed by atoms with Gasteiger partial charge in [-0.3, -0.25) is 24.2 Å². The van der Waals surface area contributed by atoms with Gasteiger partial charge in [0.2, 0.25) is 17.7 Å². The van der Waals surface area contributed by atoms with E-state index in [0.29, 0.717) is 60.6 Å². The minimum absolute atomic E-state index is 0. The molecule has 3 amide bonds. The summed E-state index contributed by atoms with van der Waals surface area (Å²) in [6.45, 7) is 9.04. The van der Waals surface area contributed by atoms with Gasteiger partial charge in [-0.1, -0.05) is 23.2 Å². The monoisotopic (exact) mass is 969 g/mol. The molecule has 18 heteroatoms. The highest BCUT2D eigenvalue weighted by Gasteiger charge is 2.27. The number of primary amides is 1. The first-order chi connectivity index (χ1) is 29.9. The number of hydrogen-bond acceptors (Lipinski definition) is 9. The molecule has 2 saturated heterocycles. The fourth-order valence-electron chi connectivity index (χ4n) is 9.09. The van der Waals surface area contributed by atoms with Crippen molar-refractivity contribution < 1.29 is 23.2 Å². The number of amides is 3. The van der Waals surface area contributed by atoms with Crippen LogP contribution in [0.3, 0.4) is 0 Å². The number of nitrogens with one attached hydrogen (secondary N) is 2. The predicted molar refractivity (Wildman–Crippen MR) is 254 cm³/mol. The molecule has 12 nitrogen and oxygen atoms in total. The Balaban J connectivity index is 0.000000330. The Kier molecular flexibility index (Phi) is 24.3. The van der Waals surface area contributed by atoms with Crippen LogP contribution in [0.1, 0.15) is 102 Å². The van der Waals surface area contributed by atoms with Crippen molar-refractivity contribution in [3.8, 4) is 12.1 Å². The average molecular weight is 972 g/mol. The van der Waals surface area contributed by atoms with Gasteiger partial charge in [0.05, 0.1) is 34.1 Å². The van der Waals surface area contributed by atoms with Gasteiger partial charge in [-0.2, -0.15) is 10.5 Å². The number of piperazine rings is 2. The normalized spacial score (nSPS) is 21.4. The molecule has 2 aliphatic carbocycles. The molecule has 354 valence electrons. The quantitative estimate of drug-likeness (QED) is 0.112. The van der Waals surface area contributed by atoms with Gasteiger partial charge >= 0.3 is 0 Å². The highest BCUT2D eigenvalue weighted by atomic mass is 35.5. The lowest BCUT2D eigenvalue weighted by atomic mass is 9.84. The number of nitriles is 2. The fourth-order valence-corrected chi connectivity index (χ4v) is 9.49. The third-order valence-corrected chi connectivity index (χ3v) is 13.6. The molecule has 0 atom stereocenters.